The van der Waals surface area contributed by atoms with Gasteiger partial charge in [0.2, 0.25) is 0 Å². The van der Waals surface area contributed by atoms with Crippen LogP contribution in [0.4, 0.5) is 0 Å². The van der Waals surface area contributed by atoms with E-state index in [-0.39, 0.29) is 0 Å². The standard InChI is InChI=1S/C16H26O4.Sn/c1-3-5-7-9-11-13-15(17)19-20-16(18)14-12-10-8-6-4-2;/h3-11,13H2,1-2H3;. The second-order valence-corrected chi connectivity index (χ2v) is 9.29. The van der Waals surface area contributed by atoms with E-state index in [0.717, 1.165) is 35.6 Å². The molecule has 0 radical (unpaired) electrons. The van der Waals surface area contributed by atoms with Crippen LogP contribution in [0.25, 0.3) is 0 Å². The number of carbonyl (C=O) groups excluding carboxylic acids is 2. The van der Waals surface area contributed by atoms with Gasteiger partial charge in [-0.3, -0.25) is 0 Å². The van der Waals surface area contributed by atoms with Crippen LogP contribution >= 0.6 is 0 Å². The molecule has 0 aliphatic carbocycles. The summed E-state index contributed by atoms with van der Waals surface area (Å²) in [6.07, 6.45) is 10.3. The molecular weight excluding hydrogens is 375 g/mol. The molecule has 0 saturated carbocycles. The molecule has 0 aromatic heterocycles. The fraction of sp³-hybridized carbons (Fsp3) is 0.750. The molecule has 1 aliphatic rings. The van der Waals surface area contributed by atoms with Crippen LogP contribution in [0.5, 0.6) is 0 Å². The third-order valence-electron chi connectivity index (χ3n) is 3.44. The average Bonchev–Trinajstić information content (AvgIpc) is 3.24. The molecule has 0 N–H and O–H groups in total. The number of hydrogen-bond donors (Lipinski definition) is 0. The van der Waals surface area contributed by atoms with E-state index in [1.807, 2.05) is 0 Å². The second-order valence-electron chi connectivity index (χ2n) is 5.43. The Morgan fingerprint density at radius 3 is 2.29 bits per heavy atom. The summed E-state index contributed by atoms with van der Waals surface area (Å²) in [6.45, 7) is 4.32. The molecule has 5 heteroatoms. The molecule has 1 aliphatic heterocycles. The molecule has 0 atom stereocenters. The Morgan fingerprint density at radius 1 is 0.905 bits per heavy atom. The van der Waals surface area contributed by atoms with Gasteiger partial charge in [0.25, 0.3) is 0 Å². The van der Waals surface area contributed by atoms with Crippen molar-refractivity contribution in [1.82, 2.24) is 0 Å². The van der Waals surface area contributed by atoms with E-state index < -0.39 is 32.1 Å². The molecule has 118 valence electrons. The first-order valence-corrected chi connectivity index (χ1v) is 11.0. The van der Waals surface area contributed by atoms with E-state index in [1.54, 1.807) is 0 Å². The fourth-order valence-electron chi connectivity index (χ4n) is 2.07. The molecule has 1 rings (SSSR count). The molecule has 1 heterocycles. The zero-order valence-electron chi connectivity index (χ0n) is 13.2. The van der Waals surface area contributed by atoms with Gasteiger partial charge in [-0.25, -0.2) is 0 Å². The summed E-state index contributed by atoms with van der Waals surface area (Å²) in [5.74, 6) is -0.841. The molecule has 4 nitrogen and oxygen atoms in total. The summed E-state index contributed by atoms with van der Waals surface area (Å²) in [4.78, 5) is 32.3. The average molecular weight is 401 g/mol. The van der Waals surface area contributed by atoms with E-state index in [0.29, 0.717) is 6.42 Å². The van der Waals surface area contributed by atoms with Gasteiger partial charge >= 0.3 is 137 Å². The Kier molecular flexibility index (Phi) is 9.79. The molecule has 0 unspecified atom stereocenters. The van der Waals surface area contributed by atoms with Crippen molar-refractivity contribution in [1.29, 1.82) is 0 Å². The SMILES string of the molecule is CCCCCCCC(=O)OOC(=O)[C]1=[Sn]=[C]1CCCCC. The summed E-state index contributed by atoms with van der Waals surface area (Å²) in [6, 6.07) is 0. The Labute approximate surface area is 136 Å². The molecule has 0 saturated heterocycles. The van der Waals surface area contributed by atoms with Crippen molar-refractivity contribution in [3.8, 4) is 0 Å². The van der Waals surface area contributed by atoms with Gasteiger partial charge in [0.1, 0.15) is 0 Å². The van der Waals surface area contributed by atoms with Crippen molar-refractivity contribution in [3.63, 3.8) is 0 Å². The van der Waals surface area contributed by atoms with Crippen LogP contribution in [0, 0.1) is 0 Å². The number of unbranched alkanes of at least 4 members (excludes halogenated alkanes) is 6. The minimum atomic E-state index is -0.753. The molecule has 21 heavy (non-hydrogen) atoms. The predicted octanol–water partition coefficient (Wildman–Crippen LogP) is 2.99. The van der Waals surface area contributed by atoms with Gasteiger partial charge in [-0.2, -0.15) is 0 Å². The third-order valence-corrected chi connectivity index (χ3v) is 7.18. The quantitative estimate of drug-likeness (QED) is 0.231. The maximum absolute atomic E-state index is 11.7. The van der Waals surface area contributed by atoms with Gasteiger partial charge in [0.15, 0.2) is 0 Å². The van der Waals surface area contributed by atoms with Gasteiger partial charge in [-0.1, -0.05) is 0 Å². The van der Waals surface area contributed by atoms with Crippen molar-refractivity contribution in [2.24, 2.45) is 0 Å². The number of carbonyl (C=O) groups is 2. The van der Waals surface area contributed by atoms with Crippen molar-refractivity contribution in [2.75, 3.05) is 0 Å². The number of hydrogen-bond acceptors (Lipinski definition) is 4. The molecule has 0 bridgehead atoms. The molecule has 0 amide bonds. The fourth-order valence-corrected chi connectivity index (χ4v) is 4.68. The summed E-state index contributed by atoms with van der Waals surface area (Å²) >= 11 is -0.753. The topological polar surface area (TPSA) is 52.6 Å². The van der Waals surface area contributed by atoms with Gasteiger partial charge in [-0.05, 0) is 0 Å². The molecular formula is C16H26O4Sn. The molecule has 0 spiro atoms. The molecule has 0 aromatic rings. The van der Waals surface area contributed by atoms with Gasteiger partial charge in [0.05, 0.1) is 0 Å². The van der Waals surface area contributed by atoms with Crippen LogP contribution in [-0.4, -0.2) is 39.2 Å². The molecule has 0 aromatic carbocycles. The first-order chi connectivity index (χ1) is 10.2. The minimum absolute atomic E-state index is 0.333. The zero-order valence-corrected chi connectivity index (χ0v) is 16.1. The van der Waals surface area contributed by atoms with E-state index >= 15 is 0 Å². The van der Waals surface area contributed by atoms with Crippen LogP contribution in [0.2, 0.25) is 0 Å². The summed E-state index contributed by atoms with van der Waals surface area (Å²) < 4.78 is 2.19. The zero-order chi connectivity index (χ0) is 15.5. The van der Waals surface area contributed by atoms with Crippen LogP contribution in [0.1, 0.15) is 78.1 Å². The van der Waals surface area contributed by atoms with Crippen LogP contribution in [0.15, 0.2) is 0 Å². The van der Waals surface area contributed by atoms with E-state index in [4.69, 9.17) is 0 Å². The van der Waals surface area contributed by atoms with Gasteiger partial charge < -0.3 is 0 Å². The maximum atomic E-state index is 11.7. The van der Waals surface area contributed by atoms with E-state index in [1.165, 1.54) is 29.2 Å². The van der Waals surface area contributed by atoms with Crippen molar-refractivity contribution >= 4 is 39.2 Å². The number of rotatable bonds is 11. The van der Waals surface area contributed by atoms with Crippen molar-refractivity contribution in [2.45, 2.75) is 78.1 Å². The monoisotopic (exact) mass is 402 g/mol. The van der Waals surface area contributed by atoms with Crippen molar-refractivity contribution in [3.05, 3.63) is 0 Å². The van der Waals surface area contributed by atoms with Gasteiger partial charge in [0, 0.05) is 0 Å². The normalized spacial score (nSPS) is 12.5. The van der Waals surface area contributed by atoms with Crippen LogP contribution < -0.4 is 0 Å². The summed E-state index contributed by atoms with van der Waals surface area (Å²) in [5.41, 5.74) is 0. The Hall–Kier alpha value is -0.521. The van der Waals surface area contributed by atoms with E-state index in [9.17, 15) is 9.59 Å². The predicted molar refractivity (Wildman–Crippen MR) is 85.5 cm³/mol. The van der Waals surface area contributed by atoms with Crippen LogP contribution in [0.3, 0.4) is 0 Å². The van der Waals surface area contributed by atoms with E-state index in [2.05, 4.69) is 23.6 Å². The van der Waals surface area contributed by atoms with Gasteiger partial charge in [-0.15, -0.1) is 0 Å². The summed E-state index contributed by atoms with van der Waals surface area (Å²) in [5, 5.41) is 0. The third kappa shape index (κ3) is 8.49. The Morgan fingerprint density at radius 2 is 1.57 bits per heavy atom. The van der Waals surface area contributed by atoms with Crippen LogP contribution in [-0.2, 0) is 19.4 Å². The van der Waals surface area contributed by atoms with Crippen molar-refractivity contribution < 1.29 is 19.4 Å². The molecule has 0 fully saturated rings. The summed E-state index contributed by atoms with van der Waals surface area (Å²) in [7, 11) is 0. The first-order valence-electron chi connectivity index (χ1n) is 8.10. The first kappa shape index (κ1) is 18.5. The Bertz CT molecular complexity index is 422. The second kappa shape index (κ2) is 11.1. The Balaban J connectivity index is 2.01.